The lowest BCUT2D eigenvalue weighted by atomic mass is 10.3. The smallest absolute Gasteiger partial charge is 0.276 e. The van der Waals surface area contributed by atoms with Crippen molar-refractivity contribution in [3.05, 3.63) is 27.4 Å². The van der Waals surface area contributed by atoms with Crippen molar-refractivity contribution in [1.82, 2.24) is 4.98 Å². The van der Waals surface area contributed by atoms with Gasteiger partial charge in [-0.15, -0.1) is 0 Å². The predicted molar refractivity (Wildman–Crippen MR) is 65.5 cm³/mol. The van der Waals surface area contributed by atoms with Gasteiger partial charge in [-0.1, -0.05) is 11.6 Å². The Morgan fingerprint density at radius 3 is 2.94 bits per heavy atom. The van der Waals surface area contributed by atoms with E-state index in [2.05, 4.69) is 10.3 Å². The summed E-state index contributed by atoms with van der Waals surface area (Å²) < 4.78 is 5.22. The molecule has 0 aliphatic rings. The van der Waals surface area contributed by atoms with Gasteiger partial charge in [-0.25, -0.2) is 4.98 Å². The Bertz CT molecular complexity index is 400. The number of nitrogens with zero attached hydrogens (tertiary/aromatic N) is 2. The van der Waals surface area contributed by atoms with E-state index in [1.165, 1.54) is 12.1 Å². The van der Waals surface area contributed by atoms with Crippen LogP contribution in [-0.2, 0) is 4.74 Å². The molecule has 7 heteroatoms. The molecule has 0 aromatic carbocycles. The van der Waals surface area contributed by atoms with Crippen LogP contribution >= 0.6 is 11.6 Å². The third-order valence-electron chi connectivity index (χ3n) is 1.96. The maximum Gasteiger partial charge on any atom is 0.276 e. The van der Waals surface area contributed by atoms with Crippen LogP contribution in [0.15, 0.2) is 12.1 Å². The molecular formula is C10H14ClN3O3. The molecular weight excluding hydrogens is 246 g/mol. The van der Waals surface area contributed by atoms with Gasteiger partial charge in [0.2, 0.25) is 0 Å². The number of halogens is 1. The number of nitro groups is 1. The molecule has 0 saturated carbocycles. The standard InChI is InChI=1S/C10H14ClN3O3/c1-3-17-6-7(2)12-10-5-8(14(15)16)4-9(11)13-10/h4-5,7H,3,6H2,1-2H3,(H,12,13). The molecule has 1 atom stereocenters. The molecule has 0 aliphatic carbocycles. The average molecular weight is 260 g/mol. The highest BCUT2D eigenvalue weighted by atomic mass is 35.5. The van der Waals surface area contributed by atoms with E-state index in [-0.39, 0.29) is 16.9 Å². The van der Waals surface area contributed by atoms with Crippen molar-refractivity contribution >= 4 is 23.1 Å². The Kier molecular flexibility index (Phi) is 5.11. The van der Waals surface area contributed by atoms with E-state index < -0.39 is 4.92 Å². The molecule has 1 N–H and O–H groups in total. The molecule has 0 amide bonds. The molecule has 1 rings (SSSR count). The van der Waals surface area contributed by atoms with E-state index in [0.29, 0.717) is 19.0 Å². The van der Waals surface area contributed by atoms with E-state index in [0.717, 1.165) is 0 Å². The van der Waals surface area contributed by atoms with Crippen LogP contribution < -0.4 is 5.32 Å². The topological polar surface area (TPSA) is 77.3 Å². The predicted octanol–water partition coefficient (Wildman–Crippen LogP) is 2.48. The Labute approximate surface area is 104 Å². The van der Waals surface area contributed by atoms with Gasteiger partial charge in [-0.2, -0.15) is 0 Å². The van der Waals surface area contributed by atoms with Crippen molar-refractivity contribution in [2.75, 3.05) is 18.5 Å². The molecule has 0 aliphatic heterocycles. The molecule has 1 aromatic heterocycles. The second-order valence-corrected chi connectivity index (χ2v) is 3.88. The van der Waals surface area contributed by atoms with Crippen LogP contribution in [0.3, 0.4) is 0 Å². The lowest BCUT2D eigenvalue weighted by Crippen LogP contribution is -2.22. The Hall–Kier alpha value is -1.40. The summed E-state index contributed by atoms with van der Waals surface area (Å²) in [5, 5.41) is 13.7. The zero-order valence-electron chi connectivity index (χ0n) is 9.64. The lowest BCUT2D eigenvalue weighted by molar-refractivity contribution is -0.384. The molecule has 1 unspecified atom stereocenters. The first-order valence-electron chi connectivity index (χ1n) is 5.19. The quantitative estimate of drug-likeness (QED) is 0.482. The summed E-state index contributed by atoms with van der Waals surface area (Å²) in [5.74, 6) is 0.372. The van der Waals surface area contributed by atoms with E-state index in [4.69, 9.17) is 16.3 Å². The summed E-state index contributed by atoms with van der Waals surface area (Å²) in [6, 6.07) is 2.55. The number of nitrogens with one attached hydrogen (secondary N) is 1. The largest absolute Gasteiger partial charge is 0.380 e. The lowest BCUT2D eigenvalue weighted by Gasteiger charge is -2.14. The molecule has 0 spiro atoms. The highest BCUT2D eigenvalue weighted by molar-refractivity contribution is 6.29. The van der Waals surface area contributed by atoms with Gasteiger partial charge in [0.15, 0.2) is 0 Å². The highest BCUT2D eigenvalue weighted by Gasteiger charge is 2.11. The maximum atomic E-state index is 10.6. The summed E-state index contributed by atoms with van der Waals surface area (Å²) in [5.41, 5.74) is -0.0869. The second-order valence-electron chi connectivity index (χ2n) is 3.50. The maximum absolute atomic E-state index is 10.6. The molecule has 0 bridgehead atoms. The fraction of sp³-hybridized carbons (Fsp3) is 0.500. The van der Waals surface area contributed by atoms with Gasteiger partial charge >= 0.3 is 0 Å². The number of rotatable bonds is 6. The number of aromatic nitrogens is 1. The number of hydrogen-bond acceptors (Lipinski definition) is 5. The van der Waals surface area contributed by atoms with Gasteiger partial charge in [0.25, 0.3) is 5.69 Å². The molecule has 0 radical (unpaired) electrons. The van der Waals surface area contributed by atoms with Crippen LogP contribution in [0, 0.1) is 10.1 Å². The number of hydrogen-bond donors (Lipinski definition) is 1. The first kappa shape index (κ1) is 13.7. The van der Waals surface area contributed by atoms with Crippen molar-refractivity contribution in [2.45, 2.75) is 19.9 Å². The molecule has 1 heterocycles. The Morgan fingerprint density at radius 1 is 1.65 bits per heavy atom. The summed E-state index contributed by atoms with van der Waals surface area (Å²) in [6.07, 6.45) is 0. The highest BCUT2D eigenvalue weighted by Crippen LogP contribution is 2.20. The zero-order valence-corrected chi connectivity index (χ0v) is 10.4. The molecule has 94 valence electrons. The molecule has 0 fully saturated rings. The molecule has 17 heavy (non-hydrogen) atoms. The van der Waals surface area contributed by atoms with Crippen molar-refractivity contribution in [2.24, 2.45) is 0 Å². The zero-order chi connectivity index (χ0) is 12.8. The third kappa shape index (κ3) is 4.54. The fourth-order valence-corrected chi connectivity index (χ4v) is 1.45. The van der Waals surface area contributed by atoms with E-state index >= 15 is 0 Å². The second kappa shape index (κ2) is 6.36. The van der Waals surface area contributed by atoms with E-state index in [1.807, 2.05) is 13.8 Å². The third-order valence-corrected chi connectivity index (χ3v) is 2.15. The summed E-state index contributed by atoms with van der Waals surface area (Å²) in [4.78, 5) is 14.1. The van der Waals surface area contributed by atoms with Gasteiger partial charge in [-0.05, 0) is 13.8 Å². The number of anilines is 1. The van der Waals surface area contributed by atoms with Crippen LogP contribution in [0.5, 0.6) is 0 Å². The van der Waals surface area contributed by atoms with Crippen molar-refractivity contribution in [3.63, 3.8) is 0 Å². The van der Waals surface area contributed by atoms with Crippen molar-refractivity contribution in [1.29, 1.82) is 0 Å². The van der Waals surface area contributed by atoms with Crippen LogP contribution in [0.2, 0.25) is 5.15 Å². The van der Waals surface area contributed by atoms with E-state index in [9.17, 15) is 10.1 Å². The van der Waals surface area contributed by atoms with Crippen LogP contribution in [-0.4, -0.2) is 29.2 Å². The van der Waals surface area contributed by atoms with Gasteiger partial charge in [-0.3, -0.25) is 10.1 Å². The minimum Gasteiger partial charge on any atom is -0.380 e. The monoisotopic (exact) mass is 259 g/mol. The van der Waals surface area contributed by atoms with Gasteiger partial charge in [0.1, 0.15) is 11.0 Å². The Balaban J connectivity index is 2.73. The first-order valence-corrected chi connectivity index (χ1v) is 5.57. The summed E-state index contributed by atoms with van der Waals surface area (Å²) in [6.45, 7) is 4.91. The minimum atomic E-state index is -0.508. The van der Waals surface area contributed by atoms with Crippen molar-refractivity contribution < 1.29 is 9.66 Å². The molecule has 0 saturated heterocycles. The normalized spacial score (nSPS) is 12.2. The van der Waals surface area contributed by atoms with Gasteiger partial charge < -0.3 is 10.1 Å². The van der Waals surface area contributed by atoms with Crippen LogP contribution in [0.25, 0.3) is 0 Å². The molecule has 6 nitrogen and oxygen atoms in total. The fourth-order valence-electron chi connectivity index (χ4n) is 1.25. The van der Waals surface area contributed by atoms with E-state index in [1.54, 1.807) is 0 Å². The van der Waals surface area contributed by atoms with Crippen LogP contribution in [0.4, 0.5) is 11.5 Å². The van der Waals surface area contributed by atoms with Gasteiger partial charge in [0.05, 0.1) is 23.7 Å². The van der Waals surface area contributed by atoms with Crippen LogP contribution in [0.1, 0.15) is 13.8 Å². The summed E-state index contributed by atoms with van der Waals surface area (Å²) in [7, 11) is 0. The minimum absolute atomic E-state index is 0.000482. The Morgan fingerprint density at radius 2 is 2.35 bits per heavy atom. The first-order chi connectivity index (χ1) is 8.02. The number of pyridine rings is 1. The molecule has 1 aromatic rings. The van der Waals surface area contributed by atoms with Gasteiger partial charge in [0, 0.05) is 12.6 Å². The SMILES string of the molecule is CCOCC(C)Nc1cc([N+](=O)[O-])cc(Cl)n1. The van der Waals surface area contributed by atoms with Crippen molar-refractivity contribution in [3.8, 4) is 0 Å². The summed E-state index contributed by atoms with van der Waals surface area (Å²) >= 11 is 5.70. The number of ether oxygens (including phenoxy) is 1. The average Bonchev–Trinajstić information content (AvgIpc) is 2.25.